The van der Waals surface area contributed by atoms with Crippen LogP contribution >= 0.6 is 0 Å². The van der Waals surface area contributed by atoms with Crippen LogP contribution < -0.4 is 10.1 Å². The summed E-state index contributed by atoms with van der Waals surface area (Å²) >= 11 is 0. The highest BCUT2D eigenvalue weighted by Gasteiger charge is 2.33. The number of pyridine rings is 1. The molecule has 1 N–H and O–H groups in total. The van der Waals surface area contributed by atoms with Gasteiger partial charge in [0.2, 0.25) is 11.8 Å². The minimum atomic E-state index is -0.429. The largest absolute Gasteiger partial charge is 0.487 e. The van der Waals surface area contributed by atoms with Crippen LogP contribution in [0.1, 0.15) is 57.8 Å². The first-order valence-electron chi connectivity index (χ1n) is 11.0. The SMILES string of the molecule is CC(NC(=O)C1CCCN(C(=O)C(C)(C)C)C1)c1cccc(OCc2ccccn2)c1. The number of carbonyl (C=O) groups excluding carboxylic acids is 2. The van der Waals surface area contributed by atoms with Crippen molar-refractivity contribution in [3.05, 3.63) is 59.9 Å². The summed E-state index contributed by atoms with van der Waals surface area (Å²) in [6.07, 6.45) is 3.40. The highest BCUT2D eigenvalue weighted by atomic mass is 16.5. The Morgan fingerprint density at radius 3 is 2.74 bits per heavy atom. The number of ether oxygens (including phenoxy) is 1. The molecule has 2 atom stereocenters. The lowest BCUT2D eigenvalue weighted by atomic mass is 9.90. The molecule has 0 bridgehead atoms. The maximum atomic E-state index is 12.9. The molecule has 2 amide bonds. The Kier molecular flexibility index (Phi) is 7.31. The maximum Gasteiger partial charge on any atom is 0.227 e. The van der Waals surface area contributed by atoms with Crippen LogP contribution in [0.25, 0.3) is 0 Å². The number of amides is 2. The van der Waals surface area contributed by atoms with Crippen LogP contribution in [0.15, 0.2) is 48.7 Å². The number of likely N-dealkylation sites (tertiary alicyclic amines) is 1. The zero-order valence-corrected chi connectivity index (χ0v) is 18.9. The van der Waals surface area contributed by atoms with Gasteiger partial charge < -0.3 is 15.0 Å². The third-order valence-electron chi connectivity index (χ3n) is 5.55. The number of nitrogens with zero attached hydrogens (tertiary/aromatic N) is 2. The van der Waals surface area contributed by atoms with E-state index in [-0.39, 0.29) is 23.8 Å². The van der Waals surface area contributed by atoms with Crippen LogP contribution in [0.3, 0.4) is 0 Å². The van der Waals surface area contributed by atoms with Crippen molar-refractivity contribution in [1.82, 2.24) is 15.2 Å². The number of nitrogens with one attached hydrogen (secondary N) is 1. The Balaban J connectivity index is 1.57. The van der Waals surface area contributed by atoms with E-state index in [2.05, 4.69) is 10.3 Å². The molecule has 1 aromatic carbocycles. The zero-order valence-electron chi connectivity index (χ0n) is 18.9. The van der Waals surface area contributed by atoms with Crippen molar-refractivity contribution in [2.24, 2.45) is 11.3 Å². The monoisotopic (exact) mass is 423 g/mol. The highest BCUT2D eigenvalue weighted by Crippen LogP contribution is 2.25. The predicted molar refractivity (Wildman–Crippen MR) is 120 cm³/mol. The van der Waals surface area contributed by atoms with Crippen LogP contribution in [0.2, 0.25) is 0 Å². The summed E-state index contributed by atoms with van der Waals surface area (Å²) < 4.78 is 5.86. The van der Waals surface area contributed by atoms with E-state index in [1.807, 2.05) is 75.1 Å². The molecule has 6 nitrogen and oxygen atoms in total. The van der Waals surface area contributed by atoms with E-state index in [1.54, 1.807) is 6.20 Å². The molecule has 0 saturated carbocycles. The lowest BCUT2D eigenvalue weighted by Crippen LogP contribution is -2.48. The van der Waals surface area contributed by atoms with Gasteiger partial charge in [-0.25, -0.2) is 0 Å². The van der Waals surface area contributed by atoms with Crippen LogP contribution in [0, 0.1) is 11.3 Å². The lowest BCUT2D eigenvalue weighted by molar-refractivity contribution is -0.142. The second kappa shape index (κ2) is 9.94. The van der Waals surface area contributed by atoms with Crippen molar-refractivity contribution in [2.45, 2.75) is 53.2 Å². The Morgan fingerprint density at radius 1 is 1.23 bits per heavy atom. The van der Waals surface area contributed by atoms with Gasteiger partial charge in [0.15, 0.2) is 0 Å². The van der Waals surface area contributed by atoms with Gasteiger partial charge in [0.25, 0.3) is 0 Å². The van der Waals surface area contributed by atoms with Crippen molar-refractivity contribution < 1.29 is 14.3 Å². The van der Waals surface area contributed by atoms with Crippen molar-refractivity contribution in [1.29, 1.82) is 0 Å². The van der Waals surface area contributed by atoms with E-state index in [9.17, 15) is 9.59 Å². The molecule has 3 rings (SSSR count). The van der Waals surface area contributed by atoms with Gasteiger partial charge in [-0.15, -0.1) is 0 Å². The molecule has 31 heavy (non-hydrogen) atoms. The van der Waals surface area contributed by atoms with Gasteiger partial charge in [-0.2, -0.15) is 0 Å². The predicted octanol–water partition coefficient (Wildman–Crippen LogP) is 4.12. The summed E-state index contributed by atoms with van der Waals surface area (Å²) in [5, 5.41) is 3.12. The molecule has 2 aromatic rings. The first-order valence-corrected chi connectivity index (χ1v) is 11.0. The van der Waals surface area contributed by atoms with E-state index in [1.165, 1.54) is 0 Å². The molecular formula is C25H33N3O3. The van der Waals surface area contributed by atoms with E-state index in [0.29, 0.717) is 13.2 Å². The summed E-state index contributed by atoms with van der Waals surface area (Å²) in [6, 6.07) is 13.3. The Hall–Kier alpha value is -2.89. The number of carbonyl (C=O) groups is 2. The quantitative estimate of drug-likeness (QED) is 0.759. The van der Waals surface area contributed by atoms with Crippen molar-refractivity contribution in [3.63, 3.8) is 0 Å². The molecule has 2 unspecified atom stereocenters. The Morgan fingerprint density at radius 2 is 2.03 bits per heavy atom. The van der Waals surface area contributed by atoms with Crippen molar-refractivity contribution >= 4 is 11.8 Å². The minimum absolute atomic E-state index is 0.00119. The van der Waals surface area contributed by atoms with Gasteiger partial charge in [-0.1, -0.05) is 39.0 Å². The van der Waals surface area contributed by atoms with Gasteiger partial charge in [-0.3, -0.25) is 14.6 Å². The van der Waals surface area contributed by atoms with E-state index in [0.717, 1.165) is 36.4 Å². The van der Waals surface area contributed by atoms with E-state index < -0.39 is 5.41 Å². The third-order valence-corrected chi connectivity index (χ3v) is 5.55. The average Bonchev–Trinajstić information content (AvgIpc) is 2.77. The molecule has 6 heteroatoms. The molecule has 1 saturated heterocycles. The summed E-state index contributed by atoms with van der Waals surface area (Å²) in [7, 11) is 0. The molecule has 0 spiro atoms. The molecule has 0 aliphatic carbocycles. The van der Waals surface area contributed by atoms with Gasteiger partial charge in [0, 0.05) is 24.7 Å². The minimum Gasteiger partial charge on any atom is -0.487 e. The summed E-state index contributed by atoms with van der Waals surface area (Å²) in [4.78, 5) is 31.6. The van der Waals surface area contributed by atoms with Crippen molar-refractivity contribution in [3.8, 4) is 5.75 Å². The number of piperidine rings is 1. The summed E-state index contributed by atoms with van der Waals surface area (Å²) in [6.45, 7) is 9.34. The van der Waals surface area contributed by atoms with Crippen LogP contribution in [-0.4, -0.2) is 34.8 Å². The molecule has 1 aliphatic rings. The zero-order chi connectivity index (χ0) is 22.4. The molecule has 1 aliphatic heterocycles. The first kappa shape index (κ1) is 22.8. The fourth-order valence-electron chi connectivity index (χ4n) is 3.78. The number of hydrogen-bond acceptors (Lipinski definition) is 4. The molecule has 2 heterocycles. The van der Waals surface area contributed by atoms with E-state index >= 15 is 0 Å². The number of hydrogen-bond donors (Lipinski definition) is 1. The standard InChI is InChI=1S/C25H33N3O3/c1-18(19-9-7-12-22(15-19)31-17-21-11-5-6-13-26-21)27-23(29)20-10-8-14-28(16-20)24(30)25(2,3)4/h5-7,9,11-13,15,18,20H,8,10,14,16-17H2,1-4H3,(H,27,29). The van der Waals surface area contributed by atoms with Gasteiger partial charge in [0.05, 0.1) is 17.7 Å². The van der Waals surface area contributed by atoms with Crippen molar-refractivity contribution in [2.75, 3.05) is 13.1 Å². The molecule has 166 valence electrons. The van der Waals surface area contributed by atoms with E-state index in [4.69, 9.17) is 4.74 Å². The Labute approximate surface area is 185 Å². The lowest BCUT2D eigenvalue weighted by Gasteiger charge is -2.36. The second-order valence-electron chi connectivity index (χ2n) is 9.25. The fourth-order valence-corrected chi connectivity index (χ4v) is 3.78. The van der Waals surface area contributed by atoms with Crippen LogP contribution in [0.4, 0.5) is 0 Å². The molecular weight excluding hydrogens is 390 g/mol. The molecule has 1 fully saturated rings. The normalized spacial score (nSPS) is 17.7. The number of benzene rings is 1. The molecule has 0 radical (unpaired) electrons. The fraction of sp³-hybridized carbons (Fsp3) is 0.480. The summed E-state index contributed by atoms with van der Waals surface area (Å²) in [5.74, 6) is 0.671. The van der Waals surface area contributed by atoms with Gasteiger partial charge >= 0.3 is 0 Å². The second-order valence-corrected chi connectivity index (χ2v) is 9.25. The highest BCUT2D eigenvalue weighted by molar-refractivity contribution is 5.84. The molecule has 1 aromatic heterocycles. The number of rotatable bonds is 6. The van der Waals surface area contributed by atoms with Crippen LogP contribution in [0.5, 0.6) is 5.75 Å². The Bertz CT molecular complexity index is 892. The first-order chi connectivity index (χ1) is 14.7. The van der Waals surface area contributed by atoms with Crippen LogP contribution in [-0.2, 0) is 16.2 Å². The third kappa shape index (κ3) is 6.29. The van der Waals surface area contributed by atoms with Gasteiger partial charge in [-0.05, 0) is 49.6 Å². The number of aromatic nitrogens is 1. The average molecular weight is 424 g/mol. The summed E-state index contributed by atoms with van der Waals surface area (Å²) in [5.41, 5.74) is 1.41. The topological polar surface area (TPSA) is 71.5 Å². The maximum absolute atomic E-state index is 12.9. The van der Waals surface area contributed by atoms with Gasteiger partial charge in [0.1, 0.15) is 12.4 Å². The smallest absolute Gasteiger partial charge is 0.227 e.